The van der Waals surface area contributed by atoms with Crippen LogP contribution in [-0.4, -0.2) is 77.2 Å². The molecule has 0 saturated carbocycles. The topological polar surface area (TPSA) is 135 Å². The number of halogens is 1. The highest BCUT2D eigenvalue weighted by atomic mass is 79.9. The summed E-state index contributed by atoms with van der Waals surface area (Å²) in [6, 6.07) is 27.6. The van der Waals surface area contributed by atoms with Gasteiger partial charge in [-0.25, -0.2) is 23.8 Å². The van der Waals surface area contributed by atoms with Crippen LogP contribution in [0.25, 0.3) is 11.0 Å². The molecule has 1 N–H and O–H groups in total. The first-order valence-electron chi connectivity index (χ1n) is 18.9. The van der Waals surface area contributed by atoms with E-state index >= 15 is 0 Å². The van der Waals surface area contributed by atoms with Crippen LogP contribution >= 0.6 is 39.5 Å². The summed E-state index contributed by atoms with van der Waals surface area (Å²) in [5.41, 5.74) is 4.59. The van der Waals surface area contributed by atoms with Gasteiger partial charge in [0.1, 0.15) is 45.2 Å². The third-order valence-electron chi connectivity index (χ3n) is 10.2. The van der Waals surface area contributed by atoms with Gasteiger partial charge in [-0.2, -0.15) is 10.2 Å². The number of nitrogens with zero attached hydrogens (tertiary/aromatic N) is 6. The zero-order valence-corrected chi connectivity index (χ0v) is 36.1. The number of carbonyl (C=O) groups is 1. The van der Waals surface area contributed by atoms with Gasteiger partial charge in [-0.15, -0.1) is 23.5 Å². The van der Waals surface area contributed by atoms with Crippen LogP contribution in [0.15, 0.2) is 112 Å². The maximum atomic E-state index is 11.7. The molecule has 58 heavy (non-hydrogen) atoms. The maximum Gasteiger partial charge on any atom is 0.335 e. The van der Waals surface area contributed by atoms with Gasteiger partial charge in [0.2, 0.25) is 5.79 Å². The number of aliphatic hydroxyl groups is 1. The third kappa shape index (κ3) is 9.95. The third-order valence-corrected chi connectivity index (χ3v) is 12.2. The Morgan fingerprint density at radius 3 is 1.84 bits per heavy atom. The van der Waals surface area contributed by atoms with Crippen molar-refractivity contribution >= 4 is 56.5 Å². The number of rotatable bonds is 11. The van der Waals surface area contributed by atoms with Crippen LogP contribution in [0.3, 0.4) is 0 Å². The average molecular weight is 894 g/mol. The Morgan fingerprint density at radius 2 is 1.29 bits per heavy atom. The fourth-order valence-electron chi connectivity index (χ4n) is 7.19. The van der Waals surface area contributed by atoms with Crippen LogP contribution < -0.4 is 0 Å². The van der Waals surface area contributed by atoms with Crippen molar-refractivity contribution in [1.29, 1.82) is 0 Å². The number of cyclic esters (lactones) is 1. The van der Waals surface area contributed by atoms with Crippen molar-refractivity contribution in [2.24, 2.45) is 11.8 Å². The number of hydrogen-bond donors (Lipinski definition) is 1. The van der Waals surface area contributed by atoms with E-state index in [1.807, 2.05) is 116 Å². The highest BCUT2D eigenvalue weighted by Crippen LogP contribution is 2.44. The Labute approximate surface area is 357 Å². The summed E-state index contributed by atoms with van der Waals surface area (Å²) in [6.07, 6.45) is 7.65. The van der Waals surface area contributed by atoms with Gasteiger partial charge in [0, 0.05) is 11.8 Å². The van der Waals surface area contributed by atoms with Crippen molar-refractivity contribution in [3.8, 4) is 0 Å². The van der Waals surface area contributed by atoms with E-state index in [1.165, 1.54) is 6.33 Å². The first-order valence-corrected chi connectivity index (χ1v) is 22.2. The maximum absolute atomic E-state index is 11.7. The van der Waals surface area contributed by atoms with Gasteiger partial charge >= 0.3 is 5.97 Å². The molecule has 2 aliphatic rings. The molecule has 0 amide bonds. The molecule has 12 nitrogen and oxygen atoms in total. The second kappa shape index (κ2) is 20.9. The van der Waals surface area contributed by atoms with Crippen LogP contribution in [0.4, 0.5) is 0 Å². The highest BCUT2D eigenvalue weighted by molar-refractivity contribution is 9.10. The SMILES string of the molecule is C.CC[C@H]1OC(=O)C(OCc2ccccc2)[C@@H]1C.CC[C@H]1OC(O)(c2ccc3c(SC)ncnn23)C(OCc2ccccc2)[C@@H]1C.CSc1ncnn2c(Br)ccc12. The molecule has 310 valence electrons. The zero-order valence-electron chi connectivity index (χ0n) is 32.9. The summed E-state index contributed by atoms with van der Waals surface area (Å²) in [4.78, 5) is 20.1. The van der Waals surface area contributed by atoms with Crippen LogP contribution in [0.1, 0.15) is 64.8 Å². The molecule has 2 fully saturated rings. The summed E-state index contributed by atoms with van der Waals surface area (Å²) in [5, 5.41) is 22.0. The van der Waals surface area contributed by atoms with Crippen molar-refractivity contribution in [1.82, 2.24) is 29.2 Å². The van der Waals surface area contributed by atoms with Gasteiger partial charge in [0.05, 0.1) is 30.4 Å². The number of thioether (sulfide) groups is 2. The second-order valence-electron chi connectivity index (χ2n) is 13.8. The molecule has 0 bridgehead atoms. The first kappa shape index (κ1) is 45.3. The lowest BCUT2D eigenvalue weighted by atomic mass is 9.93. The van der Waals surface area contributed by atoms with Gasteiger partial charge in [-0.05, 0) is 76.7 Å². The lowest BCUT2D eigenvalue weighted by molar-refractivity contribution is -0.251. The van der Waals surface area contributed by atoms with Gasteiger partial charge < -0.3 is 24.1 Å². The van der Waals surface area contributed by atoms with Gasteiger partial charge in [-0.1, -0.05) is 95.8 Å². The first-order chi connectivity index (χ1) is 27.6. The van der Waals surface area contributed by atoms with E-state index in [0.29, 0.717) is 18.9 Å². The Hall–Kier alpha value is -3.83. The molecule has 7 atom stereocenters. The highest BCUT2D eigenvalue weighted by Gasteiger charge is 2.55. The molecule has 2 aromatic carbocycles. The van der Waals surface area contributed by atoms with Crippen LogP contribution in [0, 0.1) is 11.8 Å². The van der Waals surface area contributed by atoms with E-state index in [4.69, 9.17) is 18.9 Å². The monoisotopic (exact) mass is 892 g/mol. The number of esters is 1. The molecule has 0 radical (unpaired) electrons. The summed E-state index contributed by atoms with van der Waals surface area (Å²) >= 11 is 6.55. The van der Waals surface area contributed by atoms with Crippen molar-refractivity contribution in [3.05, 3.63) is 119 Å². The van der Waals surface area contributed by atoms with Gasteiger partial charge in [-0.3, -0.25) is 0 Å². The molecule has 15 heteroatoms. The molecule has 4 aromatic heterocycles. The predicted octanol–water partition coefficient (Wildman–Crippen LogP) is 9.02. The number of carbonyl (C=O) groups excluding carboxylic acids is 1. The van der Waals surface area contributed by atoms with Crippen molar-refractivity contribution < 1.29 is 28.8 Å². The van der Waals surface area contributed by atoms with Crippen LogP contribution in [0.2, 0.25) is 0 Å². The molecular formula is C43H53BrN6O6S2. The molecular weight excluding hydrogens is 841 g/mol. The standard InChI is InChI=1S/C21H25N3O3S.C14H18O3.C7H6BrN3S.CH4/c1-4-17-14(2)19(26-12-15-8-6-5-7-9-15)21(25,27-17)18-11-10-16-20(28-3)22-13-23-24(16)18;1-3-12-10(2)13(14(15)17-12)16-9-11-7-5-4-6-8-11;1-12-7-5-2-3-6(8)11(5)10-4-9-7;/h5-11,13-14,17,19,25H,4,12H2,1-3H3;4-8,10,12-13H,3,9H2,1-2H3;2-4H,1H3;1H4/t14-,17-,19?,21?;10-,12-,13?;;/m11../s1. The molecule has 3 unspecified atom stereocenters. The molecule has 0 spiro atoms. The molecule has 8 rings (SSSR count). The minimum Gasteiger partial charge on any atom is -0.460 e. The molecule has 2 aliphatic heterocycles. The average Bonchev–Trinajstić information content (AvgIpc) is 3.99. The quantitative estimate of drug-likeness (QED) is 0.0983. The summed E-state index contributed by atoms with van der Waals surface area (Å²) in [7, 11) is 0. The molecule has 0 aliphatic carbocycles. The van der Waals surface area contributed by atoms with Gasteiger partial charge in [0.15, 0.2) is 6.10 Å². The molecule has 6 heterocycles. The predicted molar refractivity (Wildman–Crippen MR) is 232 cm³/mol. The summed E-state index contributed by atoms with van der Waals surface area (Å²) in [6.45, 7) is 9.03. The fraction of sp³-hybridized carbons (Fsp3) is 0.419. The molecule has 2 saturated heterocycles. The van der Waals surface area contributed by atoms with Gasteiger partial charge in [0.25, 0.3) is 0 Å². The fourth-order valence-corrected chi connectivity index (χ4v) is 8.63. The van der Waals surface area contributed by atoms with Crippen molar-refractivity contribution in [2.45, 2.75) is 101 Å². The number of fused-ring (bicyclic) bond motifs is 2. The number of ether oxygens (including phenoxy) is 4. The largest absolute Gasteiger partial charge is 0.460 e. The van der Waals surface area contributed by atoms with E-state index in [0.717, 1.165) is 49.7 Å². The summed E-state index contributed by atoms with van der Waals surface area (Å²) in [5.74, 6) is -1.63. The minimum absolute atomic E-state index is 0. The Balaban J connectivity index is 0.000000181. The second-order valence-corrected chi connectivity index (χ2v) is 16.2. The normalized spacial score (nSPS) is 23.8. The minimum atomic E-state index is -1.58. The Kier molecular flexibility index (Phi) is 16.3. The van der Waals surface area contributed by atoms with E-state index in [9.17, 15) is 9.90 Å². The van der Waals surface area contributed by atoms with E-state index in [1.54, 1.807) is 34.4 Å². The number of hydrogen-bond acceptors (Lipinski definition) is 12. The Bertz CT molecular complexity index is 2210. The Morgan fingerprint density at radius 1 is 0.759 bits per heavy atom. The summed E-state index contributed by atoms with van der Waals surface area (Å²) < 4.78 is 27.8. The van der Waals surface area contributed by atoms with Crippen molar-refractivity contribution in [3.63, 3.8) is 0 Å². The van der Waals surface area contributed by atoms with E-state index < -0.39 is 18.0 Å². The zero-order chi connectivity index (χ0) is 40.5. The number of benzene rings is 2. The molecule has 6 aromatic rings. The lowest BCUT2D eigenvalue weighted by Gasteiger charge is -2.29. The van der Waals surface area contributed by atoms with Crippen LogP contribution in [-0.2, 0) is 42.7 Å². The van der Waals surface area contributed by atoms with Crippen LogP contribution in [0.5, 0.6) is 0 Å². The van der Waals surface area contributed by atoms with E-state index in [-0.39, 0.29) is 37.4 Å². The van der Waals surface area contributed by atoms with Crippen molar-refractivity contribution in [2.75, 3.05) is 12.5 Å². The lowest BCUT2D eigenvalue weighted by Crippen LogP contribution is -2.41. The number of aromatic nitrogens is 6. The van der Waals surface area contributed by atoms with E-state index in [2.05, 4.69) is 49.9 Å². The smallest absolute Gasteiger partial charge is 0.335 e.